The van der Waals surface area contributed by atoms with E-state index in [0.717, 1.165) is 112 Å². The molecule has 4 saturated heterocycles. The number of imide groups is 2. The minimum absolute atomic E-state index is 0.0996. The van der Waals surface area contributed by atoms with Gasteiger partial charge in [0.25, 0.3) is 17.7 Å². The highest BCUT2D eigenvalue weighted by atomic mass is 16.5. The van der Waals surface area contributed by atoms with Crippen molar-refractivity contribution in [2.45, 2.75) is 63.5 Å². The molecular weight excluding hydrogens is 791 g/mol. The Labute approximate surface area is 357 Å². The minimum Gasteiger partial charge on any atom is -0.491 e. The molecule has 1 unspecified atom stereocenters. The first-order chi connectivity index (χ1) is 30.2. The molecule has 2 aromatic carbocycles. The van der Waals surface area contributed by atoms with Crippen LogP contribution in [0.25, 0.3) is 16.6 Å². The Morgan fingerprint density at radius 3 is 2.48 bits per heavy atom. The second kappa shape index (κ2) is 15.3. The number of amides is 5. The molecule has 62 heavy (non-hydrogen) atoms. The van der Waals surface area contributed by atoms with Crippen molar-refractivity contribution in [3.63, 3.8) is 0 Å². The second-order valence-electron chi connectivity index (χ2n) is 18.1. The Bertz CT molecular complexity index is 2630. The van der Waals surface area contributed by atoms with Gasteiger partial charge in [-0.2, -0.15) is 10.2 Å². The monoisotopic (exact) mass is 839 g/mol. The van der Waals surface area contributed by atoms with Crippen molar-refractivity contribution in [3.8, 4) is 5.75 Å². The van der Waals surface area contributed by atoms with Gasteiger partial charge in [-0.25, -0.2) is 9.50 Å². The van der Waals surface area contributed by atoms with Gasteiger partial charge in [0.05, 0.1) is 41.2 Å². The normalized spacial score (nSPS) is 22.1. The molecule has 2 N–H and O–H groups in total. The summed E-state index contributed by atoms with van der Waals surface area (Å²) in [4.78, 5) is 76.9. The van der Waals surface area contributed by atoms with Gasteiger partial charge in [0.1, 0.15) is 17.4 Å². The summed E-state index contributed by atoms with van der Waals surface area (Å²) in [6.45, 7) is 8.70. The van der Waals surface area contributed by atoms with Crippen LogP contribution in [0.1, 0.15) is 88.5 Å². The Morgan fingerprint density at radius 1 is 0.903 bits per heavy atom. The lowest BCUT2D eigenvalue weighted by Gasteiger charge is -2.55. The fourth-order valence-corrected chi connectivity index (χ4v) is 10.1. The van der Waals surface area contributed by atoms with Gasteiger partial charge >= 0.3 is 0 Å². The number of piperidine rings is 3. The van der Waals surface area contributed by atoms with Gasteiger partial charge in [-0.15, -0.1) is 0 Å². The van der Waals surface area contributed by atoms with Crippen molar-refractivity contribution < 1.29 is 28.7 Å². The lowest BCUT2D eigenvalue weighted by molar-refractivity contribution is -0.136. The number of likely N-dealkylation sites (tertiary alicyclic amines) is 2. The molecule has 1 atom stereocenters. The van der Waals surface area contributed by atoms with E-state index in [0.29, 0.717) is 57.8 Å². The summed E-state index contributed by atoms with van der Waals surface area (Å²) in [5, 5.41) is 15.6. The maximum absolute atomic E-state index is 13.4. The molecule has 5 amide bonds. The van der Waals surface area contributed by atoms with Gasteiger partial charge < -0.3 is 24.8 Å². The molecule has 5 fully saturated rings. The zero-order valence-electron chi connectivity index (χ0n) is 34.5. The van der Waals surface area contributed by atoms with E-state index in [2.05, 4.69) is 46.3 Å². The number of aromatic nitrogens is 5. The highest BCUT2D eigenvalue weighted by molar-refractivity contribution is 6.23. The number of nitrogens with one attached hydrogen (secondary N) is 2. The van der Waals surface area contributed by atoms with E-state index in [-0.39, 0.29) is 24.7 Å². The summed E-state index contributed by atoms with van der Waals surface area (Å²) in [6.07, 6.45) is 13.8. The van der Waals surface area contributed by atoms with Crippen molar-refractivity contribution in [1.82, 2.24) is 44.4 Å². The molecule has 17 heteroatoms. The molecule has 8 heterocycles. The summed E-state index contributed by atoms with van der Waals surface area (Å²) in [5.74, 6) is -1.04. The Morgan fingerprint density at radius 2 is 1.69 bits per heavy atom. The molecule has 6 aliphatic rings. The number of benzene rings is 2. The van der Waals surface area contributed by atoms with Crippen LogP contribution in [0.5, 0.6) is 5.75 Å². The SMILES string of the molecule is O=C1CCC(N2C(=O)c3ccc(N4CCC5(CC4)CN(CCN4CCC(n6cc7cc(NC(=O)c8cnn9cccnc89)c(OCC8CC8)cc7n6)CC4)C5)cc3C2=O)C(=O)N1. The number of hydrogen-bond acceptors (Lipinski definition) is 12. The number of fused-ring (bicyclic) bond motifs is 3. The third-order valence-electron chi connectivity index (χ3n) is 14.0. The molecule has 0 radical (unpaired) electrons. The van der Waals surface area contributed by atoms with Crippen LogP contribution < -0.4 is 20.3 Å². The Balaban J connectivity index is 0.659. The smallest absolute Gasteiger partial charge is 0.262 e. The molecular formula is C45H49N11O6. The van der Waals surface area contributed by atoms with E-state index in [1.54, 1.807) is 35.1 Å². The van der Waals surface area contributed by atoms with Crippen molar-refractivity contribution in [1.29, 1.82) is 0 Å². The van der Waals surface area contributed by atoms with Gasteiger partial charge in [-0.3, -0.25) is 38.9 Å². The molecule has 320 valence electrons. The van der Waals surface area contributed by atoms with Crippen LogP contribution in [0.4, 0.5) is 11.4 Å². The third-order valence-corrected chi connectivity index (χ3v) is 14.0. The number of nitrogens with zero attached hydrogens (tertiary/aromatic N) is 9. The molecule has 11 rings (SSSR count). The minimum atomic E-state index is -0.963. The number of anilines is 2. The topological polar surface area (TPSA) is 180 Å². The number of rotatable bonds is 11. The summed E-state index contributed by atoms with van der Waals surface area (Å²) in [5.41, 5.74) is 4.23. The van der Waals surface area contributed by atoms with Crippen LogP contribution >= 0.6 is 0 Å². The molecule has 5 aliphatic heterocycles. The molecule has 3 aromatic heterocycles. The molecule has 17 nitrogen and oxygen atoms in total. The number of hydrogen-bond donors (Lipinski definition) is 2. The average Bonchev–Trinajstić information content (AvgIpc) is 3.76. The molecule has 1 saturated carbocycles. The third kappa shape index (κ3) is 7.15. The van der Waals surface area contributed by atoms with Crippen LogP contribution in [0.2, 0.25) is 0 Å². The molecule has 5 aromatic rings. The summed E-state index contributed by atoms with van der Waals surface area (Å²) < 4.78 is 9.95. The quantitative estimate of drug-likeness (QED) is 0.184. The zero-order valence-corrected chi connectivity index (χ0v) is 34.5. The number of carbonyl (C=O) groups excluding carboxylic acids is 5. The van der Waals surface area contributed by atoms with Crippen LogP contribution in [0, 0.1) is 11.3 Å². The number of ether oxygens (including phenoxy) is 1. The largest absolute Gasteiger partial charge is 0.491 e. The van der Waals surface area contributed by atoms with Crippen LogP contribution in [0.3, 0.4) is 0 Å². The van der Waals surface area contributed by atoms with Crippen LogP contribution in [-0.2, 0) is 9.59 Å². The van der Waals surface area contributed by atoms with Crippen molar-refractivity contribution >= 4 is 57.5 Å². The van der Waals surface area contributed by atoms with Crippen LogP contribution in [-0.4, -0.2) is 134 Å². The van der Waals surface area contributed by atoms with Gasteiger partial charge in [0.15, 0.2) is 5.65 Å². The lowest BCUT2D eigenvalue weighted by atomic mass is 9.72. The predicted octanol–water partition coefficient (Wildman–Crippen LogP) is 3.76. The summed E-state index contributed by atoms with van der Waals surface area (Å²) >= 11 is 0. The maximum Gasteiger partial charge on any atom is 0.262 e. The lowest BCUT2D eigenvalue weighted by Crippen LogP contribution is -2.61. The average molecular weight is 840 g/mol. The second-order valence-corrected chi connectivity index (χ2v) is 18.1. The zero-order chi connectivity index (χ0) is 42.1. The van der Waals surface area contributed by atoms with Crippen molar-refractivity contribution in [2.75, 3.05) is 69.2 Å². The van der Waals surface area contributed by atoms with E-state index in [9.17, 15) is 24.0 Å². The Hall–Kier alpha value is -6.20. The first-order valence-corrected chi connectivity index (χ1v) is 22.0. The van der Waals surface area contributed by atoms with Gasteiger partial charge in [0.2, 0.25) is 11.8 Å². The maximum atomic E-state index is 13.4. The number of carbonyl (C=O) groups is 5. The Kier molecular flexibility index (Phi) is 9.55. The predicted molar refractivity (Wildman–Crippen MR) is 227 cm³/mol. The first-order valence-electron chi connectivity index (χ1n) is 22.0. The summed E-state index contributed by atoms with van der Waals surface area (Å²) in [6, 6.07) is 10.4. The summed E-state index contributed by atoms with van der Waals surface area (Å²) in [7, 11) is 0. The van der Waals surface area contributed by atoms with E-state index < -0.39 is 23.8 Å². The van der Waals surface area contributed by atoms with Crippen molar-refractivity contribution in [3.05, 3.63) is 77.9 Å². The van der Waals surface area contributed by atoms with E-state index >= 15 is 0 Å². The van der Waals surface area contributed by atoms with Gasteiger partial charge in [0, 0.05) is 94.5 Å². The van der Waals surface area contributed by atoms with Gasteiger partial charge in [-0.1, -0.05) is 0 Å². The van der Waals surface area contributed by atoms with Gasteiger partial charge in [-0.05, 0) is 86.6 Å². The standard InChI is InChI=1S/C45H49N11O6/c57-39-7-6-37(42(59)49-39)56-43(60)32-5-4-31(21-33(32)44(56)61)53-16-10-45(11-17-53)26-52(27-45)19-18-51-14-8-30(9-15-51)55-24-29-20-36(38(22-35(29)50-55)62-25-28-2-3-28)48-41(58)34-23-47-54-13-1-12-46-40(34)54/h1,4-5,12-13,20-24,28,30,37H,2-3,6-11,14-19,25-27H2,(H,48,58)(H,49,57,59). The molecule has 1 spiro atoms. The fraction of sp³-hybridized carbons (Fsp3) is 0.467. The fourth-order valence-electron chi connectivity index (χ4n) is 10.1. The van der Waals surface area contributed by atoms with Crippen molar-refractivity contribution in [2.24, 2.45) is 11.3 Å². The first kappa shape index (κ1) is 38.7. The molecule has 1 aliphatic carbocycles. The van der Waals surface area contributed by atoms with Crippen LogP contribution in [0.15, 0.2) is 61.2 Å². The highest BCUT2D eigenvalue weighted by Gasteiger charge is 2.47. The van der Waals surface area contributed by atoms with E-state index in [1.165, 1.54) is 6.20 Å². The highest BCUT2D eigenvalue weighted by Crippen LogP contribution is 2.42. The van der Waals surface area contributed by atoms with E-state index in [1.807, 2.05) is 18.2 Å². The van der Waals surface area contributed by atoms with E-state index in [4.69, 9.17) is 9.84 Å². The molecule has 0 bridgehead atoms.